The molecule has 2 aliphatic heterocycles. The molecule has 9 atom stereocenters. The maximum absolute atomic E-state index is 14.4. The third-order valence-corrected chi connectivity index (χ3v) is 8.80. The number of nitrogens with two attached hydrogens (primary N) is 2. The predicted octanol–water partition coefficient (Wildman–Crippen LogP) is 0.284. The molecular formula is C25H47FN6O3. The first kappa shape index (κ1) is 27.2. The van der Waals surface area contributed by atoms with Gasteiger partial charge in [0.25, 0.3) is 0 Å². The number of methoxy groups -OCH3 is 1. The van der Waals surface area contributed by atoms with Crippen LogP contribution in [0, 0.1) is 17.8 Å². The summed E-state index contributed by atoms with van der Waals surface area (Å²) in [6, 6.07) is 0.252. The average Bonchev–Trinajstić information content (AvgIpc) is 3.05. The molecule has 9 unspecified atom stereocenters. The van der Waals surface area contributed by atoms with Gasteiger partial charge in [-0.1, -0.05) is 6.42 Å². The van der Waals surface area contributed by atoms with Crippen LogP contribution in [0.15, 0.2) is 0 Å². The zero-order valence-electron chi connectivity index (χ0n) is 21.3. The van der Waals surface area contributed by atoms with Gasteiger partial charge in [-0.15, -0.1) is 0 Å². The van der Waals surface area contributed by atoms with Gasteiger partial charge in [0.1, 0.15) is 6.17 Å². The number of nitrogens with zero attached hydrogens (tertiary/aromatic N) is 1. The second kappa shape index (κ2) is 13.1. The van der Waals surface area contributed by atoms with Gasteiger partial charge in [0.2, 0.25) is 5.91 Å². The fourth-order valence-electron chi connectivity index (χ4n) is 6.50. The number of piperidine rings is 1. The minimum atomic E-state index is -0.910. The first-order chi connectivity index (χ1) is 17.0. The number of carbonyl (C=O) groups is 1. The van der Waals surface area contributed by atoms with Crippen molar-refractivity contribution in [3.63, 3.8) is 0 Å². The van der Waals surface area contributed by atoms with Crippen LogP contribution in [0.1, 0.15) is 51.4 Å². The van der Waals surface area contributed by atoms with Gasteiger partial charge in [0.15, 0.2) is 0 Å². The Morgan fingerprint density at radius 2 is 2.11 bits per heavy atom. The Hall–Kier alpha value is -0.880. The van der Waals surface area contributed by atoms with Crippen LogP contribution >= 0.6 is 0 Å². The molecule has 2 aliphatic carbocycles. The monoisotopic (exact) mass is 498 g/mol. The van der Waals surface area contributed by atoms with Gasteiger partial charge in [-0.2, -0.15) is 0 Å². The van der Waals surface area contributed by atoms with Crippen molar-refractivity contribution >= 4 is 5.91 Å². The highest BCUT2D eigenvalue weighted by Crippen LogP contribution is 2.29. The molecule has 0 spiro atoms. The molecule has 0 aromatic heterocycles. The molecule has 0 radical (unpaired) electrons. The fraction of sp³-hybridized carbons (Fsp3) is 0.960. The molecule has 10 heteroatoms. The first-order valence-electron chi connectivity index (χ1n) is 13.7. The number of fused-ring (bicyclic) bond motifs is 1. The normalized spacial score (nSPS) is 39.9. The third kappa shape index (κ3) is 7.12. The summed E-state index contributed by atoms with van der Waals surface area (Å²) >= 11 is 0. The van der Waals surface area contributed by atoms with Crippen LogP contribution in [0.3, 0.4) is 0 Å². The molecule has 0 aromatic carbocycles. The van der Waals surface area contributed by atoms with E-state index >= 15 is 0 Å². The maximum Gasteiger partial charge on any atom is 0.223 e. The van der Waals surface area contributed by atoms with Crippen LogP contribution in [0.5, 0.6) is 0 Å². The lowest BCUT2D eigenvalue weighted by atomic mass is 9.83. The number of amides is 1. The highest BCUT2D eigenvalue weighted by atomic mass is 19.1. The Labute approximate surface area is 209 Å². The van der Waals surface area contributed by atoms with Crippen molar-refractivity contribution in [3.8, 4) is 0 Å². The first-order valence-corrected chi connectivity index (χ1v) is 13.7. The number of carbonyl (C=O) groups excluding carboxylic acids is 1. The van der Waals surface area contributed by atoms with Gasteiger partial charge in [-0.05, 0) is 45.1 Å². The smallest absolute Gasteiger partial charge is 0.223 e. The lowest BCUT2D eigenvalue weighted by Crippen LogP contribution is -2.61. The van der Waals surface area contributed by atoms with Crippen molar-refractivity contribution in [1.29, 1.82) is 0 Å². The van der Waals surface area contributed by atoms with E-state index in [-0.39, 0.29) is 48.3 Å². The number of hydrogen-bond acceptors (Lipinski definition) is 8. The van der Waals surface area contributed by atoms with Crippen molar-refractivity contribution in [2.75, 3.05) is 46.4 Å². The van der Waals surface area contributed by atoms with Gasteiger partial charge in [-0.25, -0.2) is 4.39 Å². The highest BCUT2D eigenvalue weighted by molar-refractivity contribution is 5.78. The maximum atomic E-state index is 14.4. The predicted molar refractivity (Wildman–Crippen MR) is 133 cm³/mol. The van der Waals surface area contributed by atoms with E-state index in [2.05, 4.69) is 20.9 Å². The second-order valence-electron chi connectivity index (χ2n) is 11.0. The van der Waals surface area contributed by atoms with E-state index in [0.29, 0.717) is 32.0 Å². The van der Waals surface area contributed by atoms with E-state index in [9.17, 15) is 9.18 Å². The zero-order valence-corrected chi connectivity index (χ0v) is 21.3. The molecule has 4 rings (SSSR count). The van der Waals surface area contributed by atoms with E-state index in [4.69, 9.17) is 20.9 Å². The number of alkyl halides is 1. The number of ether oxygens (including phenoxy) is 2. The number of halogens is 1. The lowest BCUT2D eigenvalue weighted by Gasteiger charge is -2.40. The minimum absolute atomic E-state index is 0.00555. The lowest BCUT2D eigenvalue weighted by molar-refractivity contribution is -0.126. The molecule has 0 bridgehead atoms. The largest absolute Gasteiger partial charge is 0.381 e. The summed E-state index contributed by atoms with van der Waals surface area (Å²) in [5.41, 5.74) is 13.2. The summed E-state index contributed by atoms with van der Waals surface area (Å²) < 4.78 is 25.8. The second-order valence-corrected chi connectivity index (χ2v) is 11.0. The van der Waals surface area contributed by atoms with E-state index in [1.54, 1.807) is 7.11 Å². The van der Waals surface area contributed by atoms with Gasteiger partial charge < -0.3 is 36.9 Å². The van der Waals surface area contributed by atoms with Gasteiger partial charge in [0.05, 0.1) is 31.1 Å². The number of nitrogens with one attached hydrogen (secondary N) is 3. The standard InChI is InChI=1S/C25H47FN6O3/c1-34-19-6-5-17(21(26)12-19)13-31-25(33)16-3-2-4-18(11-16)30-15-23(27)32-9-10-35-22-14-29-8-7-20(22)24(32)28/h16-24,29-30H,2-15,27-28H2,1H3,(H,31,33). The van der Waals surface area contributed by atoms with Crippen molar-refractivity contribution < 1.29 is 18.7 Å². The molecule has 2 saturated carbocycles. The molecule has 2 heterocycles. The molecule has 35 heavy (non-hydrogen) atoms. The fourth-order valence-corrected chi connectivity index (χ4v) is 6.50. The summed E-state index contributed by atoms with van der Waals surface area (Å²) in [6.07, 6.45) is 5.71. The molecule has 7 N–H and O–H groups in total. The van der Waals surface area contributed by atoms with Crippen LogP contribution in [0.2, 0.25) is 0 Å². The highest BCUT2D eigenvalue weighted by Gasteiger charge is 2.38. The summed E-state index contributed by atoms with van der Waals surface area (Å²) in [7, 11) is 1.64. The Morgan fingerprint density at radius 1 is 1.26 bits per heavy atom. The Bertz CT molecular complexity index is 675. The SMILES string of the molecule is COC1CCC(CNC(=O)C2CCCC(NCC(N)N3CCOC4CNCCC4C3N)C2)C(F)C1. The molecule has 0 aromatic rings. The summed E-state index contributed by atoms with van der Waals surface area (Å²) in [4.78, 5) is 15.0. The number of rotatable bonds is 8. The molecule has 202 valence electrons. The molecule has 4 fully saturated rings. The molecular weight excluding hydrogens is 451 g/mol. The van der Waals surface area contributed by atoms with E-state index in [1.807, 2.05) is 0 Å². The third-order valence-electron chi connectivity index (χ3n) is 8.80. The molecule has 9 nitrogen and oxygen atoms in total. The molecule has 1 amide bonds. The Balaban J connectivity index is 1.20. The van der Waals surface area contributed by atoms with Crippen LogP contribution in [0.25, 0.3) is 0 Å². The topological polar surface area (TPSA) is 127 Å². The van der Waals surface area contributed by atoms with Crippen LogP contribution < -0.4 is 27.4 Å². The quantitative estimate of drug-likeness (QED) is 0.323. The van der Waals surface area contributed by atoms with Gasteiger partial charge in [-0.3, -0.25) is 9.69 Å². The zero-order chi connectivity index (χ0) is 24.8. The summed E-state index contributed by atoms with van der Waals surface area (Å²) in [5.74, 6) is 0.212. The van der Waals surface area contributed by atoms with Crippen LogP contribution in [-0.2, 0) is 14.3 Å². The summed E-state index contributed by atoms with van der Waals surface area (Å²) in [6.45, 7) is 4.24. The van der Waals surface area contributed by atoms with Crippen LogP contribution in [-0.4, -0.2) is 94.0 Å². The minimum Gasteiger partial charge on any atom is -0.381 e. The van der Waals surface area contributed by atoms with Crippen molar-refractivity contribution in [3.05, 3.63) is 0 Å². The van der Waals surface area contributed by atoms with Crippen LogP contribution in [0.4, 0.5) is 4.39 Å². The van der Waals surface area contributed by atoms with E-state index in [1.165, 1.54) is 0 Å². The Morgan fingerprint density at radius 3 is 2.91 bits per heavy atom. The van der Waals surface area contributed by atoms with Crippen molar-refractivity contribution in [1.82, 2.24) is 20.9 Å². The summed E-state index contributed by atoms with van der Waals surface area (Å²) in [5, 5.41) is 10.0. The van der Waals surface area contributed by atoms with E-state index < -0.39 is 6.17 Å². The average molecular weight is 499 g/mol. The number of hydrogen-bond donors (Lipinski definition) is 5. The van der Waals surface area contributed by atoms with Gasteiger partial charge in [0, 0.05) is 63.5 Å². The van der Waals surface area contributed by atoms with E-state index in [0.717, 1.165) is 64.6 Å². The Kier molecular flexibility index (Phi) is 10.1. The molecule has 4 aliphatic rings. The van der Waals surface area contributed by atoms with Crippen molar-refractivity contribution in [2.24, 2.45) is 29.2 Å². The van der Waals surface area contributed by atoms with Gasteiger partial charge >= 0.3 is 0 Å². The van der Waals surface area contributed by atoms with Crippen molar-refractivity contribution in [2.45, 2.75) is 88.1 Å². The molecule has 2 saturated heterocycles.